The average molecular weight is 252 g/mol. The Morgan fingerprint density at radius 3 is 2.50 bits per heavy atom. The van der Waals surface area contributed by atoms with Crippen LogP contribution in [0.2, 0.25) is 0 Å². The van der Waals surface area contributed by atoms with Crippen LogP contribution in [0.1, 0.15) is 58.8 Å². The lowest BCUT2D eigenvalue weighted by molar-refractivity contribution is 0.130. The monoisotopic (exact) mass is 252 g/mol. The van der Waals surface area contributed by atoms with E-state index < -0.39 is 0 Å². The molecular formula is C16H32N2. The quantitative estimate of drug-likeness (QED) is 0.752. The second kappa shape index (κ2) is 7.30. The molecule has 2 heteroatoms. The van der Waals surface area contributed by atoms with Crippen LogP contribution in [0.4, 0.5) is 0 Å². The molecule has 0 aliphatic heterocycles. The number of rotatable bonds is 5. The summed E-state index contributed by atoms with van der Waals surface area (Å²) in [6.45, 7) is 4.68. The van der Waals surface area contributed by atoms with Crippen LogP contribution in [0, 0.1) is 0 Å². The summed E-state index contributed by atoms with van der Waals surface area (Å²) in [5.74, 6) is 0. The van der Waals surface area contributed by atoms with Crippen LogP contribution >= 0.6 is 0 Å². The van der Waals surface area contributed by atoms with Gasteiger partial charge >= 0.3 is 0 Å². The van der Waals surface area contributed by atoms with E-state index in [1.807, 2.05) is 0 Å². The van der Waals surface area contributed by atoms with Crippen molar-refractivity contribution in [1.29, 1.82) is 0 Å². The van der Waals surface area contributed by atoms with Crippen molar-refractivity contribution < 1.29 is 0 Å². The number of allylic oxidation sites excluding steroid dienone is 1. The molecule has 0 aromatic rings. The zero-order chi connectivity index (χ0) is 13.6. The number of nitrogens with zero attached hydrogens (tertiary/aromatic N) is 1. The molecule has 0 saturated carbocycles. The lowest BCUT2D eigenvalue weighted by Crippen LogP contribution is -2.56. The molecule has 0 radical (unpaired) electrons. The topological polar surface area (TPSA) is 15.3 Å². The first kappa shape index (κ1) is 15.7. The van der Waals surface area contributed by atoms with Crippen LogP contribution in [0.5, 0.6) is 0 Å². The van der Waals surface area contributed by atoms with Gasteiger partial charge in [-0.15, -0.1) is 0 Å². The maximum Gasteiger partial charge on any atom is 0.0461 e. The predicted octanol–water partition coefficient (Wildman–Crippen LogP) is 3.59. The molecular weight excluding hydrogens is 220 g/mol. The van der Waals surface area contributed by atoms with Crippen LogP contribution in [-0.4, -0.2) is 37.6 Å². The lowest BCUT2D eigenvalue weighted by atomic mass is 9.80. The van der Waals surface area contributed by atoms with Gasteiger partial charge in [0.25, 0.3) is 0 Å². The van der Waals surface area contributed by atoms with Gasteiger partial charge in [-0.25, -0.2) is 0 Å². The summed E-state index contributed by atoms with van der Waals surface area (Å²) >= 11 is 0. The van der Waals surface area contributed by atoms with Gasteiger partial charge in [0.15, 0.2) is 0 Å². The van der Waals surface area contributed by atoms with E-state index in [1.54, 1.807) is 5.57 Å². The fourth-order valence-corrected chi connectivity index (χ4v) is 3.15. The highest BCUT2D eigenvalue weighted by Crippen LogP contribution is 2.30. The van der Waals surface area contributed by atoms with Gasteiger partial charge in [0.05, 0.1) is 0 Å². The number of nitrogens with one attached hydrogen (secondary N) is 1. The van der Waals surface area contributed by atoms with Gasteiger partial charge < -0.3 is 10.2 Å². The summed E-state index contributed by atoms with van der Waals surface area (Å²) in [4.78, 5) is 2.38. The van der Waals surface area contributed by atoms with Gasteiger partial charge in [0.1, 0.15) is 0 Å². The van der Waals surface area contributed by atoms with Gasteiger partial charge in [-0.1, -0.05) is 31.4 Å². The Balaban J connectivity index is 2.92. The van der Waals surface area contributed by atoms with E-state index >= 15 is 0 Å². The molecule has 1 N–H and O–H groups in total. The fraction of sp³-hybridized carbons (Fsp3) is 0.875. The molecule has 0 aromatic carbocycles. The van der Waals surface area contributed by atoms with Crippen molar-refractivity contribution in [3.63, 3.8) is 0 Å². The molecule has 0 bridgehead atoms. The van der Waals surface area contributed by atoms with Crippen molar-refractivity contribution >= 4 is 0 Å². The van der Waals surface area contributed by atoms with Crippen molar-refractivity contribution in [2.75, 3.05) is 21.1 Å². The molecule has 1 rings (SSSR count). The van der Waals surface area contributed by atoms with Crippen LogP contribution in [0.15, 0.2) is 11.6 Å². The third-order valence-electron chi connectivity index (χ3n) is 4.84. The van der Waals surface area contributed by atoms with Crippen LogP contribution < -0.4 is 5.32 Å². The second-order valence-corrected chi connectivity index (χ2v) is 6.06. The highest BCUT2D eigenvalue weighted by Gasteiger charge is 2.35. The minimum absolute atomic E-state index is 0.208. The Hall–Kier alpha value is -0.340. The van der Waals surface area contributed by atoms with Crippen molar-refractivity contribution in [3.05, 3.63) is 11.6 Å². The Bertz CT molecular complexity index is 270. The molecule has 106 valence electrons. The molecule has 0 heterocycles. The molecule has 0 saturated heterocycles. The molecule has 2 nitrogen and oxygen atoms in total. The maximum absolute atomic E-state index is 3.58. The van der Waals surface area contributed by atoms with Crippen molar-refractivity contribution in [3.8, 4) is 0 Å². The Morgan fingerprint density at radius 1 is 1.28 bits per heavy atom. The molecule has 1 aliphatic carbocycles. The SMILES string of the molecule is CCC(C)(C(NC)C1=CCCCCCC1)N(C)C. The molecule has 0 amide bonds. The van der Waals surface area contributed by atoms with E-state index in [0.717, 1.165) is 0 Å². The lowest BCUT2D eigenvalue weighted by Gasteiger charge is -2.44. The van der Waals surface area contributed by atoms with E-state index in [2.05, 4.69) is 51.3 Å². The molecule has 0 aromatic heterocycles. The Labute approximate surface area is 114 Å². The third-order valence-corrected chi connectivity index (χ3v) is 4.84. The highest BCUT2D eigenvalue weighted by atomic mass is 15.2. The minimum Gasteiger partial charge on any atom is -0.312 e. The molecule has 18 heavy (non-hydrogen) atoms. The summed E-state index contributed by atoms with van der Waals surface area (Å²) in [6, 6.07) is 0.482. The number of likely N-dealkylation sites (N-methyl/N-ethyl adjacent to an activating group) is 2. The van der Waals surface area contributed by atoms with Gasteiger partial charge in [0, 0.05) is 11.6 Å². The Kier molecular flexibility index (Phi) is 6.37. The molecule has 2 atom stereocenters. The average Bonchev–Trinajstić information content (AvgIpc) is 2.31. The maximum atomic E-state index is 3.58. The van der Waals surface area contributed by atoms with E-state index in [0.29, 0.717) is 6.04 Å². The van der Waals surface area contributed by atoms with Crippen LogP contribution in [0.3, 0.4) is 0 Å². The van der Waals surface area contributed by atoms with Crippen LogP contribution in [0.25, 0.3) is 0 Å². The molecule has 2 unspecified atom stereocenters. The van der Waals surface area contributed by atoms with Crippen molar-refractivity contribution in [1.82, 2.24) is 10.2 Å². The van der Waals surface area contributed by atoms with E-state index in [-0.39, 0.29) is 5.54 Å². The standard InChI is InChI=1S/C16H32N2/c1-6-16(2,18(4)5)15(17-3)14-12-10-8-7-9-11-13-14/h12,15,17H,6-11,13H2,1-5H3. The van der Waals surface area contributed by atoms with Crippen LogP contribution in [-0.2, 0) is 0 Å². The van der Waals surface area contributed by atoms with E-state index in [9.17, 15) is 0 Å². The van der Waals surface area contributed by atoms with Crippen molar-refractivity contribution in [2.45, 2.75) is 70.4 Å². The fourth-order valence-electron chi connectivity index (χ4n) is 3.15. The van der Waals surface area contributed by atoms with E-state index in [1.165, 1.54) is 44.9 Å². The number of hydrogen-bond donors (Lipinski definition) is 1. The second-order valence-electron chi connectivity index (χ2n) is 6.06. The summed E-state index contributed by atoms with van der Waals surface area (Å²) < 4.78 is 0. The first-order chi connectivity index (χ1) is 8.56. The summed E-state index contributed by atoms with van der Waals surface area (Å²) in [5.41, 5.74) is 1.84. The first-order valence-corrected chi connectivity index (χ1v) is 7.60. The predicted molar refractivity (Wildman–Crippen MR) is 81.0 cm³/mol. The highest BCUT2D eigenvalue weighted by molar-refractivity contribution is 5.19. The largest absolute Gasteiger partial charge is 0.312 e. The molecule has 1 aliphatic rings. The minimum atomic E-state index is 0.208. The summed E-state index contributed by atoms with van der Waals surface area (Å²) in [5, 5.41) is 3.58. The molecule has 0 fully saturated rings. The van der Waals surface area contributed by atoms with Gasteiger partial charge in [0.2, 0.25) is 0 Å². The summed E-state index contributed by atoms with van der Waals surface area (Å²) in [6.07, 6.45) is 11.8. The smallest absolute Gasteiger partial charge is 0.0461 e. The Morgan fingerprint density at radius 2 is 1.94 bits per heavy atom. The van der Waals surface area contributed by atoms with Gasteiger partial charge in [-0.3, -0.25) is 0 Å². The number of hydrogen-bond acceptors (Lipinski definition) is 2. The van der Waals surface area contributed by atoms with Crippen molar-refractivity contribution in [2.24, 2.45) is 0 Å². The van der Waals surface area contributed by atoms with Gasteiger partial charge in [-0.2, -0.15) is 0 Å². The van der Waals surface area contributed by atoms with E-state index in [4.69, 9.17) is 0 Å². The third kappa shape index (κ3) is 3.58. The normalized spacial score (nSPS) is 22.9. The zero-order valence-electron chi connectivity index (χ0n) is 13.1. The van der Waals surface area contributed by atoms with Gasteiger partial charge in [-0.05, 0) is 60.2 Å². The summed E-state index contributed by atoms with van der Waals surface area (Å²) in [7, 11) is 6.52. The molecule has 0 spiro atoms. The first-order valence-electron chi connectivity index (χ1n) is 7.60. The zero-order valence-corrected chi connectivity index (χ0v) is 13.1.